The molecule has 2 N–H and O–H groups in total. The molecule has 156 valence electrons. The molecule has 4 aromatic rings. The third-order valence-corrected chi connectivity index (χ3v) is 6.65. The molecule has 0 aliphatic carbocycles. The van der Waals surface area contributed by atoms with Crippen LogP contribution in [0.25, 0.3) is 26.7 Å². The second-order valence-corrected chi connectivity index (χ2v) is 8.63. The molecule has 0 aliphatic heterocycles. The van der Waals surface area contributed by atoms with E-state index in [1.165, 1.54) is 27.7 Å². The van der Waals surface area contributed by atoms with Crippen molar-refractivity contribution in [3.05, 3.63) is 69.7 Å². The predicted molar refractivity (Wildman–Crippen MR) is 123 cm³/mol. The van der Waals surface area contributed by atoms with Gasteiger partial charge >= 0.3 is 0 Å². The van der Waals surface area contributed by atoms with E-state index < -0.39 is 0 Å². The van der Waals surface area contributed by atoms with E-state index in [1.54, 1.807) is 24.3 Å². The number of allylic oxidation sites excluding steroid dienone is 1. The maximum atomic E-state index is 12.9. The molecule has 0 spiro atoms. The van der Waals surface area contributed by atoms with Gasteiger partial charge in [-0.05, 0) is 30.7 Å². The Bertz CT molecular complexity index is 1350. The van der Waals surface area contributed by atoms with Crippen molar-refractivity contribution >= 4 is 49.8 Å². The summed E-state index contributed by atoms with van der Waals surface area (Å²) in [5.74, 6) is -0.0643. The molecule has 9 heteroatoms. The van der Waals surface area contributed by atoms with Gasteiger partial charge in [0, 0.05) is 13.2 Å². The van der Waals surface area contributed by atoms with Crippen LogP contribution in [-0.2, 0) is 6.54 Å². The zero-order valence-corrected chi connectivity index (χ0v) is 18.0. The molecule has 2 aromatic carbocycles. The fourth-order valence-electron chi connectivity index (χ4n) is 3.10. The smallest absolute Gasteiger partial charge is 0.262 e. The van der Waals surface area contributed by atoms with Crippen molar-refractivity contribution in [1.29, 1.82) is 5.26 Å². The van der Waals surface area contributed by atoms with Gasteiger partial charge in [0.05, 0.1) is 26.9 Å². The first kappa shape index (κ1) is 21.1. The van der Waals surface area contributed by atoms with Crippen LogP contribution in [0.4, 0.5) is 0 Å². The number of benzene rings is 2. The van der Waals surface area contributed by atoms with E-state index in [9.17, 15) is 20.3 Å². The van der Waals surface area contributed by atoms with Crippen LogP contribution in [0.1, 0.15) is 11.4 Å². The lowest BCUT2D eigenvalue weighted by Crippen LogP contribution is -2.24. The highest BCUT2D eigenvalue weighted by molar-refractivity contribution is 7.99. The van der Waals surface area contributed by atoms with E-state index in [4.69, 9.17) is 0 Å². The van der Waals surface area contributed by atoms with Crippen LogP contribution in [0.15, 0.2) is 64.2 Å². The minimum absolute atomic E-state index is 0.0509. The van der Waals surface area contributed by atoms with Crippen LogP contribution in [0.3, 0.4) is 0 Å². The first-order valence-electron chi connectivity index (χ1n) is 9.53. The number of rotatable bonds is 7. The van der Waals surface area contributed by atoms with Gasteiger partial charge in [-0.15, -0.1) is 11.3 Å². The Morgan fingerprint density at radius 1 is 1.13 bits per heavy atom. The molecule has 0 saturated heterocycles. The zero-order valence-electron chi connectivity index (χ0n) is 16.4. The maximum Gasteiger partial charge on any atom is 0.262 e. The number of nitriles is 1. The summed E-state index contributed by atoms with van der Waals surface area (Å²) in [4.78, 5) is 21.9. The number of aliphatic hydroxyl groups is 2. The second-order valence-electron chi connectivity index (χ2n) is 6.65. The lowest BCUT2D eigenvalue weighted by atomic mass is 10.2. The maximum absolute atomic E-state index is 12.9. The lowest BCUT2D eigenvalue weighted by Gasteiger charge is -2.12. The number of hydrogen-bond donors (Lipinski definition) is 2. The number of fused-ring (bicyclic) bond motifs is 2. The van der Waals surface area contributed by atoms with Crippen LogP contribution < -0.4 is 5.56 Å². The van der Waals surface area contributed by atoms with Gasteiger partial charge in [0.25, 0.3) is 5.56 Å². The average Bonchev–Trinajstić information content (AvgIpc) is 3.21. The van der Waals surface area contributed by atoms with E-state index in [2.05, 4.69) is 9.97 Å². The molecule has 0 radical (unpaired) electrons. The molecule has 0 amide bonds. The third kappa shape index (κ3) is 4.32. The number of aliphatic hydroxyl groups excluding tert-OH is 2. The fourth-order valence-corrected chi connectivity index (χ4v) is 4.99. The Kier molecular flexibility index (Phi) is 6.32. The quantitative estimate of drug-likeness (QED) is 0.190. The number of hydrogen-bond acceptors (Lipinski definition) is 8. The minimum atomic E-state index is -0.198. The van der Waals surface area contributed by atoms with E-state index in [0.717, 1.165) is 10.2 Å². The molecule has 7 nitrogen and oxygen atoms in total. The summed E-state index contributed by atoms with van der Waals surface area (Å²) >= 11 is 2.51. The topological polar surface area (TPSA) is 112 Å². The highest BCUT2D eigenvalue weighted by atomic mass is 32.2. The van der Waals surface area contributed by atoms with Crippen LogP contribution >= 0.6 is 23.1 Å². The number of thioether (sulfide) groups is 1. The van der Waals surface area contributed by atoms with Crippen LogP contribution in [0, 0.1) is 11.3 Å². The van der Waals surface area contributed by atoms with Crippen LogP contribution in [-0.4, -0.2) is 37.1 Å². The molecule has 2 aromatic heterocycles. The lowest BCUT2D eigenvalue weighted by molar-refractivity contribution is 0.276. The van der Waals surface area contributed by atoms with Crippen molar-refractivity contribution in [3.8, 4) is 6.07 Å². The van der Waals surface area contributed by atoms with Gasteiger partial charge in [0.2, 0.25) is 0 Å². The highest BCUT2D eigenvalue weighted by Crippen LogP contribution is 2.30. The minimum Gasteiger partial charge on any atom is -0.510 e. The standard InChI is InChI=1S/C22H18N4O3S2/c23-12-15(20-24-17-8-3-4-9-19(17)31-20)18(28)13-30-22-25-16-7-2-1-6-14(16)21(29)26(22)10-5-11-27/h1-4,6-9,27-28H,5,10-11,13H2/b18-15-. The summed E-state index contributed by atoms with van der Waals surface area (Å²) < 4.78 is 2.43. The molecule has 0 bridgehead atoms. The molecular weight excluding hydrogens is 432 g/mol. The summed E-state index contributed by atoms with van der Waals surface area (Å²) in [6, 6.07) is 16.6. The number of aromatic nitrogens is 3. The highest BCUT2D eigenvalue weighted by Gasteiger charge is 2.16. The SMILES string of the molecule is N#C/C(=C(/O)CSc1nc2ccccc2c(=O)n1CCCO)c1nc2ccccc2s1. The van der Waals surface area contributed by atoms with Gasteiger partial charge in [0.15, 0.2) is 5.16 Å². The molecule has 0 fully saturated rings. The molecule has 0 unspecified atom stereocenters. The molecule has 0 atom stereocenters. The Labute approximate surface area is 185 Å². The fraction of sp³-hybridized carbons (Fsp3) is 0.182. The molecule has 4 rings (SSSR count). The van der Waals surface area contributed by atoms with Gasteiger partial charge in [-0.3, -0.25) is 9.36 Å². The summed E-state index contributed by atoms with van der Waals surface area (Å²) in [6.45, 7) is 0.258. The third-order valence-electron chi connectivity index (χ3n) is 4.61. The molecule has 0 aliphatic rings. The van der Waals surface area contributed by atoms with Crippen molar-refractivity contribution < 1.29 is 10.2 Å². The Hall–Kier alpha value is -3.19. The Morgan fingerprint density at radius 2 is 1.87 bits per heavy atom. The van der Waals surface area contributed by atoms with Gasteiger partial charge in [0.1, 0.15) is 22.4 Å². The van der Waals surface area contributed by atoms with E-state index in [1.807, 2.05) is 30.3 Å². The summed E-state index contributed by atoms with van der Waals surface area (Å²) in [5.41, 5.74) is 1.24. The van der Waals surface area contributed by atoms with Gasteiger partial charge in [-0.2, -0.15) is 5.26 Å². The summed E-state index contributed by atoms with van der Waals surface area (Å²) in [6.07, 6.45) is 0.407. The summed E-state index contributed by atoms with van der Waals surface area (Å²) in [7, 11) is 0. The Balaban J connectivity index is 1.68. The Morgan fingerprint density at radius 3 is 2.61 bits per heavy atom. The van der Waals surface area contributed by atoms with Crippen molar-refractivity contribution in [2.75, 3.05) is 12.4 Å². The first-order valence-corrected chi connectivity index (χ1v) is 11.3. The van der Waals surface area contributed by atoms with Gasteiger partial charge in [-0.1, -0.05) is 36.0 Å². The number of thiazole rings is 1. The average molecular weight is 451 g/mol. The van der Waals surface area contributed by atoms with E-state index in [-0.39, 0.29) is 29.3 Å². The normalized spacial score (nSPS) is 12.1. The van der Waals surface area contributed by atoms with Crippen molar-refractivity contribution in [2.45, 2.75) is 18.1 Å². The zero-order chi connectivity index (χ0) is 21.8. The van der Waals surface area contributed by atoms with Crippen molar-refractivity contribution in [1.82, 2.24) is 14.5 Å². The van der Waals surface area contributed by atoms with Crippen LogP contribution in [0.2, 0.25) is 0 Å². The number of para-hydroxylation sites is 2. The monoisotopic (exact) mass is 450 g/mol. The molecule has 31 heavy (non-hydrogen) atoms. The molecule has 2 heterocycles. The van der Waals surface area contributed by atoms with E-state index in [0.29, 0.717) is 34.0 Å². The predicted octanol–water partition coefficient (Wildman–Crippen LogP) is 3.97. The first-order chi connectivity index (χ1) is 15.1. The summed E-state index contributed by atoms with van der Waals surface area (Å²) in [5, 5.41) is 30.8. The largest absolute Gasteiger partial charge is 0.510 e. The van der Waals surface area contributed by atoms with Crippen LogP contribution in [0.5, 0.6) is 0 Å². The second kappa shape index (κ2) is 9.31. The van der Waals surface area contributed by atoms with Gasteiger partial charge < -0.3 is 10.2 Å². The molecular formula is C22H18N4O3S2. The number of nitrogens with zero attached hydrogens (tertiary/aromatic N) is 4. The van der Waals surface area contributed by atoms with Crippen molar-refractivity contribution in [3.63, 3.8) is 0 Å². The van der Waals surface area contributed by atoms with Gasteiger partial charge in [-0.25, -0.2) is 9.97 Å². The van der Waals surface area contributed by atoms with Crippen molar-refractivity contribution in [2.24, 2.45) is 0 Å². The molecule has 0 saturated carbocycles. The van der Waals surface area contributed by atoms with E-state index >= 15 is 0 Å².